The van der Waals surface area contributed by atoms with E-state index in [0.717, 1.165) is 16.7 Å². The van der Waals surface area contributed by atoms with Crippen LogP contribution in [0.25, 0.3) is 6.08 Å². The largest absolute Gasteiger partial charge is 0.493 e. The van der Waals surface area contributed by atoms with E-state index in [0.29, 0.717) is 22.9 Å². The van der Waals surface area contributed by atoms with Crippen molar-refractivity contribution in [3.05, 3.63) is 33.7 Å². The molecular formula is C17H18ClNO5S. The molecule has 1 atom stereocenters. The number of hydrogen-bond donors (Lipinski definition) is 0. The van der Waals surface area contributed by atoms with E-state index in [2.05, 4.69) is 0 Å². The molecule has 8 heteroatoms. The van der Waals surface area contributed by atoms with Gasteiger partial charge in [-0.05, 0) is 56.8 Å². The number of benzene rings is 1. The number of carbonyl (C=O) groups excluding carboxylic acids is 3. The minimum absolute atomic E-state index is 0.176. The van der Waals surface area contributed by atoms with Crippen molar-refractivity contribution in [3.8, 4) is 5.75 Å². The second-order valence-corrected chi connectivity index (χ2v) is 6.52. The number of thioether (sulfide) groups is 1. The van der Waals surface area contributed by atoms with Crippen LogP contribution in [0.3, 0.4) is 0 Å². The fourth-order valence-electron chi connectivity index (χ4n) is 2.24. The Hall–Kier alpha value is -1.99. The van der Waals surface area contributed by atoms with Gasteiger partial charge in [0.2, 0.25) is 0 Å². The molecule has 6 nitrogen and oxygen atoms in total. The zero-order valence-electron chi connectivity index (χ0n) is 14.1. The van der Waals surface area contributed by atoms with Crippen LogP contribution in [0.2, 0.25) is 5.02 Å². The van der Waals surface area contributed by atoms with E-state index < -0.39 is 23.2 Å². The standard InChI is InChI=1S/C17H18ClNO5S/c1-4-23-13-7-6-12(18)8-11(13)9-14-15(20)19(17(22)25-14)10(3)16(21)24-5-2/h6-10H,4-5H2,1-3H3/b14-9-/t10-/m0/s1. The molecule has 0 spiro atoms. The van der Waals surface area contributed by atoms with Gasteiger partial charge in [0, 0.05) is 10.6 Å². The maximum atomic E-state index is 12.6. The van der Waals surface area contributed by atoms with Gasteiger partial charge in [-0.15, -0.1) is 0 Å². The summed E-state index contributed by atoms with van der Waals surface area (Å²) in [6.07, 6.45) is 1.54. The van der Waals surface area contributed by atoms with Crippen LogP contribution < -0.4 is 4.74 Å². The van der Waals surface area contributed by atoms with Crippen molar-refractivity contribution in [1.29, 1.82) is 0 Å². The van der Waals surface area contributed by atoms with Gasteiger partial charge in [0.1, 0.15) is 11.8 Å². The molecule has 1 fully saturated rings. The molecule has 1 aromatic carbocycles. The SMILES string of the molecule is CCOC(=O)[C@H](C)N1C(=O)S/C(=C\c2cc(Cl)ccc2OCC)C1=O. The normalized spacial score (nSPS) is 17.1. The van der Waals surface area contributed by atoms with Crippen LogP contribution in [0, 0.1) is 0 Å². The molecule has 0 saturated carbocycles. The molecule has 0 radical (unpaired) electrons. The average molecular weight is 384 g/mol. The Labute approximate surface area is 155 Å². The summed E-state index contributed by atoms with van der Waals surface area (Å²) in [5.74, 6) is -0.612. The predicted molar refractivity (Wildman–Crippen MR) is 96.5 cm³/mol. The van der Waals surface area contributed by atoms with Gasteiger partial charge in [-0.3, -0.25) is 14.5 Å². The molecule has 134 valence electrons. The topological polar surface area (TPSA) is 72.9 Å². The lowest BCUT2D eigenvalue weighted by atomic mass is 10.1. The first-order valence-electron chi connectivity index (χ1n) is 7.75. The second kappa shape index (κ2) is 8.40. The minimum Gasteiger partial charge on any atom is -0.493 e. The van der Waals surface area contributed by atoms with Crippen molar-refractivity contribution < 1.29 is 23.9 Å². The lowest BCUT2D eigenvalue weighted by molar-refractivity contribution is -0.150. The molecule has 25 heavy (non-hydrogen) atoms. The van der Waals surface area contributed by atoms with E-state index in [1.165, 1.54) is 6.92 Å². The van der Waals surface area contributed by atoms with E-state index in [-0.39, 0.29) is 11.5 Å². The smallest absolute Gasteiger partial charge is 0.329 e. The van der Waals surface area contributed by atoms with E-state index in [1.807, 2.05) is 6.92 Å². The summed E-state index contributed by atoms with van der Waals surface area (Å²) in [5.41, 5.74) is 0.587. The first-order chi connectivity index (χ1) is 11.9. The van der Waals surface area contributed by atoms with E-state index in [9.17, 15) is 14.4 Å². The van der Waals surface area contributed by atoms with E-state index in [1.54, 1.807) is 31.2 Å². The minimum atomic E-state index is -0.982. The molecule has 0 bridgehead atoms. The van der Waals surface area contributed by atoms with Crippen LogP contribution in [-0.4, -0.2) is 41.3 Å². The van der Waals surface area contributed by atoms with Crippen LogP contribution in [0.15, 0.2) is 23.1 Å². The summed E-state index contributed by atoms with van der Waals surface area (Å²) in [5, 5.41) is -0.0365. The summed E-state index contributed by atoms with van der Waals surface area (Å²) in [4.78, 5) is 37.7. The van der Waals surface area contributed by atoms with Gasteiger partial charge in [-0.2, -0.15) is 0 Å². The van der Waals surface area contributed by atoms with Crippen LogP contribution in [0.5, 0.6) is 5.75 Å². The third-order valence-corrected chi connectivity index (χ3v) is 4.52. The van der Waals surface area contributed by atoms with Gasteiger partial charge in [0.25, 0.3) is 11.1 Å². The van der Waals surface area contributed by atoms with Gasteiger partial charge in [0.05, 0.1) is 18.1 Å². The average Bonchev–Trinajstić information content (AvgIpc) is 2.83. The number of ether oxygens (including phenoxy) is 2. The summed E-state index contributed by atoms with van der Waals surface area (Å²) in [7, 11) is 0. The Kier molecular flexibility index (Phi) is 6.50. The number of imide groups is 1. The fourth-order valence-corrected chi connectivity index (χ4v) is 3.32. The zero-order chi connectivity index (χ0) is 18.6. The van der Waals surface area contributed by atoms with E-state index >= 15 is 0 Å². The zero-order valence-corrected chi connectivity index (χ0v) is 15.6. The highest BCUT2D eigenvalue weighted by atomic mass is 35.5. The Balaban J connectivity index is 2.32. The molecule has 2 rings (SSSR count). The van der Waals surface area contributed by atoms with Crippen molar-refractivity contribution in [1.82, 2.24) is 4.90 Å². The Morgan fingerprint density at radius 3 is 2.68 bits per heavy atom. The third-order valence-electron chi connectivity index (χ3n) is 3.40. The number of rotatable bonds is 6. The molecule has 0 aliphatic carbocycles. The molecule has 1 heterocycles. The lowest BCUT2D eigenvalue weighted by Crippen LogP contribution is -2.42. The Morgan fingerprint density at radius 2 is 2.04 bits per heavy atom. The number of esters is 1. The van der Waals surface area contributed by atoms with Crippen molar-refractivity contribution >= 4 is 46.6 Å². The first kappa shape index (κ1) is 19.3. The monoisotopic (exact) mass is 383 g/mol. The molecule has 1 aliphatic rings. The van der Waals surface area contributed by atoms with Crippen molar-refractivity contribution in [2.45, 2.75) is 26.8 Å². The van der Waals surface area contributed by atoms with Crippen molar-refractivity contribution in [3.63, 3.8) is 0 Å². The van der Waals surface area contributed by atoms with Gasteiger partial charge < -0.3 is 9.47 Å². The maximum absolute atomic E-state index is 12.6. The molecular weight excluding hydrogens is 366 g/mol. The van der Waals surface area contributed by atoms with Crippen molar-refractivity contribution in [2.75, 3.05) is 13.2 Å². The summed E-state index contributed by atoms with van der Waals surface area (Å²) in [6.45, 7) is 5.58. The molecule has 0 aromatic heterocycles. The highest BCUT2D eigenvalue weighted by Gasteiger charge is 2.41. The number of carbonyl (C=O) groups is 3. The Bertz CT molecular complexity index is 734. The quantitative estimate of drug-likeness (QED) is 0.550. The van der Waals surface area contributed by atoms with Crippen LogP contribution in [-0.2, 0) is 14.3 Å². The fraction of sp³-hybridized carbons (Fsp3) is 0.353. The van der Waals surface area contributed by atoms with Crippen LogP contribution in [0.4, 0.5) is 4.79 Å². The predicted octanol–water partition coefficient (Wildman–Crippen LogP) is 3.73. The van der Waals surface area contributed by atoms with Gasteiger partial charge in [0.15, 0.2) is 0 Å². The van der Waals surface area contributed by atoms with E-state index in [4.69, 9.17) is 21.1 Å². The molecule has 1 saturated heterocycles. The maximum Gasteiger partial charge on any atom is 0.329 e. The second-order valence-electron chi connectivity index (χ2n) is 5.09. The van der Waals surface area contributed by atoms with Crippen molar-refractivity contribution in [2.24, 2.45) is 0 Å². The Morgan fingerprint density at radius 1 is 1.32 bits per heavy atom. The van der Waals surface area contributed by atoms with Gasteiger partial charge >= 0.3 is 5.97 Å². The molecule has 0 unspecified atom stereocenters. The van der Waals surface area contributed by atoms with Crippen LogP contribution in [0.1, 0.15) is 26.3 Å². The number of hydrogen-bond acceptors (Lipinski definition) is 6. The molecule has 1 aliphatic heterocycles. The molecule has 0 N–H and O–H groups in total. The summed E-state index contributed by atoms with van der Waals surface area (Å²) >= 11 is 6.77. The number of halogens is 1. The van der Waals surface area contributed by atoms with Crippen LogP contribution >= 0.6 is 23.4 Å². The lowest BCUT2D eigenvalue weighted by Gasteiger charge is -2.19. The van der Waals surface area contributed by atoms with Gasteiger partial charge in [-0.1, -0.05) is 11.6 Å². The third kappa shape index (κ3) is 4.35. The summed E-state index contributed by atoms with van der Waals surface area (Å²) < 4.78 is 10.4. The molecule has 2 amide bonds. The van der Waals surface area contributed by atoms with Gasteiger partial charge in [-0.25, -0.2) is 4.79 Å². The highest BCUT2D eigenvalue weighted by molar-refractivity contribution is 8.18. The number of nitrogens with zero attached hydrogens (tertiary/aromatic N) is 1. The number of amides is 2. The molecule has 1 aromatic rings. The summed E-state index contributed by atoms with van der Waals surface area (Å²) in [6, 6.07) is 4.04. The highest BCUT2D eigenvalue weighted by Crippen LogP contribution is 2.36. The first-order valence-corrected chi connectivity index (χ1v) is 8.94.